The van der Waals surface area contributed by atoms with Gasteiger partial charge in [0.15, 0.2) is 0 Å². The number of carbonyl (C=O) groups is 2. The molecule has 1 amide bonds. The number of aldehydes is 1. The largest absolute Gasteiger partial charge is 0.372 e. The molecule has 4 nitrogen and oxygen atoms in total. The molecule has 2 N–H and O–H groups in total. The smallest absolute Gasteiger partial charge is 0.204 e. The number of amides is 1. The average Bonchev–Trinajstić information content (AvgIpc) is 2.52. The summed E-state index contributed by atoms with van der Waals surface area (Å²) in [6, 6.07) is 7.46. The van der Waals surface area contributed by atoms with Crippen LogP contribution in [0.2, 0.25) is 0 Å². The summed E-state index contributed by atoms with van der Waals surface area (Å²) < 4.78 is 0. The predicted molar refractivity (Wildman–Crippen MR) is 89.5 cm³/mol. The number of nitrogens with zero attached hydrogens (tertiary/aromatic N) is 1. The van der Waals surface area contributed by atoms with Gasteiger partial charge in [-0.15, -0.1) is 0 Å². The molecule has 1 aromatic rings. The Kier molecular flexibility index (Phi) is 16.9. The molecule has 2 rings (SSSR count). The van der Waals surface area contributed by atoms with Gasteiger partial charge >= 0.3 is 0 Å². The molecule has 1 aromatic carbocycles. The van der Waals surface area contributed by atoms with E-state index < -0.39 is 0 Å². The van der Waals surface area contributed by atoms with Gasteiger partial charge in [-0.25, -0.2) is 0 Å². The SMILES string of the molecule is CC.CN1CCCCC1.Cc1ccc(C=O)cc1.NC=O. The Hall–Kier alpha value is -1.68. The molecule has 0 bridgehead atoms. The van der Waals surface area contributed by atoms with Crippen molar-refractivity contribution in [3.63, 3.8) is 0 Å². The van der Waals surface area contributed by atoms with Gasteiger partial charge in [-0.3, -0.25) is 9.59 Å². The molecule has 1 aliphatic rings. The maximum Gasteiger partial charge on any atom is 0.204 e. The number of rotatable bonds is 1. The van der Waals surface area contributed by atoms with Crippen LogP contribution in [-0.4, -0.2) is 37.7 Å². The molecule has 0 aliphatic carbocycles. The monoisotopic (exact) mass is 294 g/mol. The summed E-state index contributed by atoms with van der Waals surface area (Å²) in [5.74, 6) is 0. The highest BCUT2D eigenvalue weighted by Gasteiger charge is 2.02. The minimum atomic E-state index is 0.250. The number of likely N-dealkylation sites (tertiary alicyclic amines) is 1. The first-order chi connectivity index (χ1) is 10.1. The van der Waals surface area contributed by atoms with Crippen molar-refractivity contribution in [1.82, 2.24) is 4.90 Å². The lowest BCUT2D eigenvalue weighted by molar-refractivity contribution is -0.106. The summed E-state index contributed by atoms with van der Waals surface area (Å²) in [4.78, 5) is 21.1. The van der Waals surface area contributed by atoms with Crippen molar-refractivity contribution in [3.05, 3.63) is 35.4 Å². The zero-order valence-electron chi connectivity index (χ0n) is 13.8. The molecule has 1 aliphatic heterocycles. The van der Waals surface area contributed by atoms with Crippen LogP contribution in [0.1, 0.15) is 49.0 Å². The topological polar surface area (TPSA) is 63.4 Å². The molecule has 0 unspecified atom stereocenters. The maximum atomic E-state index is 10.1. The van der Waals surface area contributed by atoms with Crippen molar-refractivity contribution in [2.45, 2.75) is 40.0 Å². The van der Waals surface area contributed by atoms with Crippen LogP contribution in [0.15, 0.2) is 24.3 Å². The summed E-state index contributed by atoms with van der Waals surface area (Å²) in [6.45, 7) is 8.63. The Morgan fingerprint density at radius 1 is 1.00 bits per heavy atom. The zero-order chi connectivity index (χ0) is 16.5. The van der Waals surface area contributed by atoms with E-state index in [1.165, 1.54) is 37.9 Å². The van der Waals surface area contributed by atoms with E-state index in [1.54, 1.807) is 0 Å². The molecule has 21 heavy (non-hydrogen) atoms. The molecule has 0 atom stereocenters. The second-order valence-corrected chi connectivity index (χ2v) is 4.53. The fourth-order valence-corrected chi connectivity index (χ4v) is 1.70. The second kappa shape index (κ2) is 16.4. The Morgan fingerprint density at radius 3 is 1.71 bits per heavy atom. The van der Waals surface area contributed by atoms with Crippen LogP contribution in [0, 0.1) is 6.92 Å². The number of hydrogen-bond donors (Lipinski definition) is 1. The van der Waals surface area contributed by atoms with Crippen molar-refractivity contribution >= 4 is 12.7 Å². The van der Waals surface area contributed by atoms with Crippen LogP contribution in [0.5, 0.6) is 0 Å². The maximum absolute atomic E-state index is 10.1. The lowest BCUT2D eigenvalue weighted by atomic mass is 10.1. The first-order valence-electron chi connectivity index (χ1n) is 7.49. The van der Waals surface area contributed by atoms with Gasteiger partial charge in [-0.2, -0.15) is 0 Å². The summed E-state index contributed by atoms with van der Waals surface area (Å²) >= 11 is 0. The number of aryl methyl sites for hydroxylation is 1. The van der Waals surface area contributed by atoms with E-state index in [1.807, 2.05) is 45.0 Å². The fourth-order valence-electron chi connectivity index (χ4n) is 1.70. The van der Waals surface area contributed by atoms with E-state index in [2.05, 4.69) is 17.7 Å². The number of hydrogen-bond acceptors (Lipinski definition) is 3. The van der Waals surface area contributed by atoms with Crippen molar-refractivity contribution in [2.24, 2.45) is 5.73 Å². The Balaban J connectivity index is 0. The molecule has 0 spiro atoms. The number of primary amides is 1. The third-order valence-electron chi connectivity index (χ3n) is 2.79. The van der Waals surface area contributed by atoms with Crippen LogP contribution in [0.3, 0.4) is 0 Å². The van der Waals surface area contributed by atoms with E-state index >= 15 is 0 Å². The highest BCUT2D eigenvalue weighted by atomic mass is 16.1. The van der Waals surface area contributed by atoms with Crippen molar-refractivity contribution < 1.29 is 9.59 Å². The molecule has 120 valence electrons. The molecule has 1 saturated heterocycles. The van der Waals surface area contributed by atoms with Gasteiger partial charge in [0.25, 0.3) is 0 Å². The Morgan fingerprint density at radius 2 is 1.43 bits per heavy atom. The summed E-state index contributed by atoms with van der Waals surface area (Å²) in [7, 11) is 2.19. The van der Waals surface area contributed by atoms with Gasteiger partial charge < -0.3 is 10.6 Å². The van der Waals surface area contributed by atoms with E-state index in [0.29, 0.717) is 0 Å². The minimum Gasteiger partial charge on any atom is -0.372 e. The Labute approximate surface area is 129 Å². The Bertz CT molecular complexity index is 344. The van der Waals surface area contributed by atoms with Crippen molar-refractivity contribution in [3.8, 4) is 0 Å². The zero-order valence-corrected chi connectivity index (χ0v) is 13.8. The molecule has 4 heteroatoms. The average molecular weight is 294 g/mol. The molecule has 0 radical (unpaired) electrons. The normalized spacial score (nSPS) is 13.1. The fraction of sp³-hybridized carbons (Fsp3) is 0.529. The van der Waals surface area contributed by atoms with E-state index in [4.69, 9.17) is 4.79 Å². The van der Waals surface area contributed by atoms with Crippen LogP contribution in [-0.2, 0) is 4.79 Å². The molecule has 0 aromatic heterocycles. The van der Waals surface area contributed by atoms with Crippen LogP contribution in [0.4, 0.5) is 0 Å². The van der Waals surface area contributed by atoms with Crippen LogP contribution in [0.25, 0.3) is 0 Å². The number of carbonyl (C=O) groups excluding carboxylic acids is 2. The first kappa shape index (κ1) is 21.6. The summed E-state index contributed by atoms with van der Waals surface area (Å²) in [5, 5.41) is 0. The molecule has 1 fully saturated rings. The number of benzene rings is 1. The van der Waals surface area contributed by atoms with Gasteiger partial charge in [0, 0.05) is 5.56 Å². The minimum absolute atomic E-state index is 0.250. The molecular weight excluding hydrogens is 264 g/mol. The van der Waals surface area contributed by atoms with E-state index in [9.17, 15) is 4.79 Å². The second-order valence-electron chi connectivity index (χ2n) is 4.53. The van der Waals surface area contributed by atoms with E-state index in [-0.39, 0.29) is 6.41 Å². The standard InChI is InChI=1S/C8H8O.C6H13N.C2H6.CH3NO/c1-7-2-4-8(6-9)5-3-7;1-7-5-3-2-4-6-7;1-2;2-1-3/h2-6H,1H3;2-6H2,1H3;1-2H3;1H,(H2,2,3). The highest BCUT2D eigenvalue weighted by molar-refractivity contribution is 5.74. The van der Waals surface area contributed by atoms with Crippen molar-refractivity contribution in [1.29, 1.82) is 0 Å². The van der Waals surface area contributed by atoms with Crippen LogP contribution < -0.4 is 5.73 Å². The predicted octanol–water partition coefficient (Wildman–Crippen LogP) is 3.04. The lowest BCUT2D eigenvalue weighted by Crippen LogP contribution is -2.24. The number of piperidine rings is 1. The van der Waals surface area contributed by atoms with Gasteiger partial charge in [-0.05, 0) is 39.9 Å². The quantitative estimate of drug-likeness (QED) is 0.810. The van der Waals surface area contributed by atoms with Crippen molar-refractivity contribution in [2.75, 3.05) is 20.1 Å². The van der Waals surface area contributed by atoms with Gasteiger partial charge in [0.2, 0.25) is 6.41 Å². The van der Waals surface area contributed by atoms with Crippen LogP contribution >= 0.6 is 0 Å². The third kappa shape index (κ3) is 14.5. The third-order valence-corrected chi connectivity index (χ3v) is 2.79. The summed E-state index contributed by atoms with van der Waals surface area (Å²) in [5.41, 5.74) is 6.08. The van der Waals surface area contributed by atoms with Gasteiger partial charge in [0.05, 0.1) is 0 Å². The van der Waals surface area contributed by atoms with E-state index in [0.717, 1.165) is 11.8 Å². The lowest BCUT2D eigenvalue weighted by Gasteiger charge is -2.20. The summed E-state index contributed by atoms with van der Waals surface area (Å²) in [6.07, 6.45) is 5.37. The number of nitrogens with two attached hydrogens (primary N) is 1. The molecule has 0 saturated carbocycles. The van der Waals surface area contributed by atoms with Gasteiger partial charge in [-0.1, -0.05) is 50.1 Å². The molecule has 1 heterocycles. The molecular formula is C17H30N2O2. The first-order valence-corrected chi connectivity index (χ1v) is 7.49. The highest BCUT2D eigenvalue weighted by Crippen LogP contribution is 2.04. The van der Waals surface area contributed by atoms with Gasteiger partial charge in [0.1, 0.15) is 6.29 Å².